The van der Waals surface area contributed by atoms with E-state index < -0.39 is 0 Å². The molecule has 2 nitrogen and oxygen atoms in total. The molecule has 0 radical (unpaired) electrons. The highest BCUT2D eigenvalue weighted by Gasteiger charge is 2.38. The van der Waals surface area contributed by atoms with Gasteiger partial charge in [0.1, 0.15) is 0 Å². The molecule has 0 aromatic rings. The Balaban J connectivity index is 2.07. The molecule has 0 aromatic heterocycles. The van der Waals surface area contributed by atoms with Gasteiger partial charge in [-0.2, -0.15) is 10.2 Å². The lowest BCUT2D eigenvalue weighted by Crippen LogP contribution is -2.10. The first-order valence-corrected chi connectivity index (χ1v) is 6.10. The minimum absolute atomic E-state index is 0.0572. The first-order chi connectivity index (χ1) is 7.22. The topological polar surface area (TPSA) is 24.7 Å². The largest absolute Gasteiger partial charge is 0.191 e. The average molecular weight is 206 g/mol. The van der Waals surface area contributed by atoms with E-state index in [1.165, 1.54) is 25.7 Å². The lowest BCUT2D eigenvalue weighted by molar-refractivity contribution is 0.418. The smallest absolute Gasteiger partial charge is 0.159 e. The highest BCUT2D eigenvalue weighted by atomic mass is 15.4. The van der Waals surface area contributed by atoms with Gasteiger partial charge < -0.3 is 0 Å². The normalized spacial score (nSPS) is 18.5. The van der Waals surface area contributed by atoms with Gasteiger partial charge in [0.2, 0.25) is 0 Å². The minimum atomic E-state index is -0.0572. The molecule has 0 saturated heterocycles. The fourth-order valence-electron chi connectivity index (χ4n) is 2.04. The zero-order chi connectivity index (χ0) is 11.1. The number of hydrogen-bond acceptors (Lipinski definition) is 2. The number of hydrogen-bond donors (Lipinski definition) is 0. The van der Waals surface area contributed by atoms with Gasteiger partial charge in [0, 0.05) is 12.8 Å². The second kappa shape index (κ2) is 5.90. The Labute approximate surface area is 93.6 Å². The van der Waals surface area contributed by atoms with Crippen LogP contribution in [0.15, 0.2) is 10.2 Å². The fraction of sp³-hybridized carbons (Fsp3) is 0.846. The minimum Gasteiger partial charge on any atom is -0.159 e. The molecule has 1 aliphatic rings. The van der Waals surface area contributed by atoms with E-state index in [1.54, 1.807) is 0 Å². The molecule has 2 heteroatoms. The maximum absolute atomic E-state index is 5.25. The summed E-state index contributed by atoms with van der Waals surface area (Å²) in [5.41, 5.74) is -0.0572. The van der Waals surface area contributed by atoms with Crippen LogP contribution in [0.25, 0.3) is 0 Å². The fourth-order valence-corrected chi connectivity index (χ4v) is 2.04. The first-order valence-electron chi connectivity index (χ1n) is 6.10. The van der Waals surface area contributed by atoms with Gasteiger partial charge in [-0.1, -0.05) is 33.1 Å². The van der Waals surface area contributed by atoms with Gasteiger partial charge in [-0.25, -0.2) is 0 Å². The lowest BCUT2D eigenvalue weighted by atomic mass is 9.95. The van der Waals surface area contributed by atoms with Crippen molar-refractivity contribution in [3.05, 3.63) is 0 Å². The molecule has 0 spiro atoms. The Morgan fingerprint density at radius 1 is 1.27 bits per heavy atom. The van der Waals surface area contributed by atoms with Crippen LogP contribution in [-0.4, -0.2) is 5.66 Å². The molecule has 0 saturated carbocycles. The molecule has 0 fully saturated rings. The summed E-state index contributed by atoms with van der Waals surface area (Å²) in [6.45, 7) is 4.58. The molecule has 0 N–H and O–H groups in total. The Bertz CT molecular complexity index is 244. The van der Waals surface area contributed by atoms with Crippen LogP contribution >= 0.6 is 0 Å². The molecule has 0 aromatic carbocycles. The highest BCUT2D eigenvalue weighted by molar-refractivity contribution is 4.97. The molecule has 0 amide bonds. The van der Waals surface area contributed by atoms with Crippen LogP contribution in [-0.2, 0) is 0 Å². The van der Waals surface area contributed by atoms with Gasteiger partial charge in [-0.15, -0.1) is 12.3 Å². The van der Waals surface area contributed by atoms with Crippen LogP contribution in [0.2, 0.25) is 0 Å². The van der Waals surface area contributed by atoms with Crippen LogP contribution in [0.4, 0.5) is 0 Å². The Morgan fingerprint density at radius 2 is 2.00 bits per heavy atom. The van der Waals surface area contributed by atoms with Crippen molar-refractivity contribution in [1.29, 1.82) is 0 Å². The zero-order valence-electron chi connectivity index (χ0n) is 10.00. The third kappa shape index (κ3) is 4.46. The van der Waals surface area contributed by atoms with Crippen molar-refractivity contribution >= 4 is 0 Å². The van der Waals surface area contributed by atoms with Gasteiger partial charge in [-0.3, -0.25) is 0 Å². The van der Waals surface area contributed by atoms with Crippen LogP contribution in [0.3, 0.4) is 0 Å². The van der Waals surface area contributed by atoms with Gasteiger partial charge >= 0.3 is 0 Å². The summed E-state index contributed by atoms with van der Waals surface area (Å²) in [7, 11) is 0. The third-order valence-corrected chi connectivity index (χ3v) is 3.11. The monoisotopic (exact) mass is 206 g/mol. The molecule has 1 aliphatic heterocycles. The summed E-state index contributed by atoms with van der Waals surface area (Å²) in [5.74, 6) is 3.51. The van der Waals surface area contributed by atoms with Crippen LogP contribution < -0.4 is 0 Å². The van der Waals surface area contributed by atoms with Crippen molar-refractivity contribution in [3.8, 4) is 12.3 Å². The summed E-state index contributed by atoms with van der Waals surface area (Å²) in [5, 5.41) is 8.29. The second-order valence-electron chi connectivity index (χ2n) is 4.67. The molecule has 84 valence electrons. The van der Waals surface area contributed by atoms with E-state index in [-0.39, 0.29) is 5.66 Å². The van der Waals surface area contributed by atoms with Gasteiger partial charge in [-0.05, 0) is 18.8 Å². The van der Waals surface area contributed by atoms with Gasteiger partial charge in [0.25, 0.3) is 0 Å². The summed E-state index contributed by atoms with van der Waals surface area (Å²) in [6, 6.07) is 0. The molecule has 1 rings (SSSR count). The summed E-state index contributed by atoms with van der Waals surface area (Å²) < 4.78 is 0. The average Bonchev–Trinajstić information content (AvgIpc) is 2.96. The quantitative estimate of drug-likeness (QED) is 0.532. The molecule has 1 unspecified atom stereocenters. The van der Waals surface area contributed by atoms with E-state index >= 15 is 0 Å². The summed E-state index contributed by atoms with van der Waals surface area (Å²) >= 11 is 0. The molecule has 1 atom stereocenters. The zero-order valence-corrected chi connectivity index (χ0v) is 10.00. The maximum atomic E-state index is 5.25. The van der Waals surface area contributed by atoms with E-state index in [9.17, 15) is 0 Å². The van der Waals surface area contributed by atoms with E-state index in [0.717, 1.165) is 25.2 Å². The Morgan fingerprint density at radius 3 is 2.53 bits per heavy atom. The standard InChI is InChI=1S/C13H22N2/c1-4-6-10-13(14-15-13)11-7-9-12(3)8-5-2/h1,12H,5-11H2,2-3H3. The van der Waals surface area contributed by atoms with Crippen molar-refractivity contribution in [2.75, 3.05) is 0 Å². The number of nitrogens with zero attached hydrogens (tertiary/aromatic N) is 2. The van der Waals surface area contributed by atoms with Gasteiger partial charge in [0.05, 0.1) is 0 Å². The van der Waals surface area contributed by atoms with Crippen molar-refractivity contribution in [2.45, 2.75) is 64.5 Å². The number of rotatable bonds is 8. The van der Waals surface area contributed by atoms with E-state index in [0.29, 0.717) is 0 Å². The lowest BCUT2D eigenvalue weighted by Gasteiger charge is -2.12. The first kappa shape index (κ1) is 12.2. The van der Waals surface area contributed by atoms with Crippen molar-refractivity contribution in [2.24, 2.45) is 16.1 Å². The molecule has 0 bridgehead atoms. The van der Waals surface area contributed by atoms with Gasteiger partial charge in [0.15, 0.2) is 5.66 Å². The van der Waals surface area contributed by atoms with Crippen molar-refractivity contribution in [3.63, 3.8) is 0 Å². The predicted molar refractivity (Wildman–Crippen MR) is 63.6 cm³/mol. The summed E-state index contributed by atoms with van der Waals surface area (Å²) in [4.78, 5) is 0. The Kier molecular flexibility index (Phi) is 4.81. The number of terminal acetylenes is 1. The molecular weight excluding hydrogens is 184 g/mol. The predicted octanol–water partition coefficient (Wildman–Crippen LogP) is 4.17. The van der Waals surface area contributed by atoms with Crippen LogP contribution in [0, 0.1) is 18.3 Å². The molecule has 1 heterocycles. The highest BCUT2D eigenvalue weighted by Crippen LogP contribution is 2.38. The Hall–Kier alpha value is -0.840. The maximum Gasteiger partial charge on any atom is 0.191 e. The van der Waals surface area contributed by atoms with E-state index in [1.807, 2.05) is 0 Å². The van der Waals surface area contributed by atoms with Crippen molar-refractivity contribution in [1.82, 2.24) is 0 Å². The van der Waals surface area contributed by atoms with Crippen LogP contribution in [0.5, 0.6) is 0 Å². The SMILES string of the molecule is C#CCCC1(CCCC(C)CCC)N=N1. The van der Waals surface area contributed by atoms with E-state index in [4.69, 9.17) is 6.42 Å². The van der Waals surface area contributed by atoms with E-state index in [2.05, 4.69) is 30.0 Å². The van der Waals surface area contributed by atoms with Crippen LogP contribution in [0.1, 0.15) is 58.8 Å². The second-order valence-corrected chi connectivity index (χ2v) is 4.67. The molecule has 15 heavy (non-hydrogen) atoms. The molecular formula is C13H22N2. The summed E-state index contributed by atoms with van der Waals surface area (Å²) in [6.07, 6.45) is 13.3. The van der Waals surface area contributed by atoms with Crippen molar-refractivity contribution < 1.29 is 0 Å². The third-order valence-electron chi connectivity index (χ3n) is 3.11. The molecule has 0 aliphatic carbocycles.